The minimum absolute atomic E-state index is 0.139. The van der Waals surface area contributed by atoms with Crippen molar-refractivity contribution in [3.05, 3.63) is 35.1 Å². The average molecular weight is 261 g/mol. The Labute approximate surface area is 103 Å². The first-order valence-electron chi connectivity index (χ1n) is 5.90. The van der Waals surface area contributed by atoms with Gasteiger partial charge in [0.2, 0.25) is 0 Å². The lowest BCUT2D eigenvalue weighted by Crippen LogP contribution is -2.29. The quantitative estimate of drug-likeness (QED) is 0.818. The molecule has 0 atom stereocenters. The second-order valence-electron chi connectivity index (χ2n) is 5.08. The van der Waals surface area contributed by atoms with E-state index in [1.54, 1.807) is 0 Å². The Hall–Kier alpha value is -1.10. The third-order valence-corrected chi connectivity index (χ3v) is 3.25. The Kier molecular flexibility index (Phi) is 3.36. The third-order valence-electron chi connectivity index (χ3n) is 3.25. The van der Waals surface area contributed by atoms with Crippen molar-refractivity contribution in [3.8, 4) is 0 Å². The first-order valence-corrected chi connectivity index (χ1v) is 5.90. The van der Waals surface area contributed by atoms with E-state index in [-0.39, 0.29) is 5.54 Å². The lowest BCUT2D eigenvalue weighted by molar-refractivity contribution is -0.137. The minimum atomic E-state index is -4.49. The maximum Gasteiger partial charge on any atom is 0.416 e. The minimum Gasteiger partial charge on any atom is -0.311 e. The molecule has 0 radical (unpaired) electrons. The molecule has 2 rings (SSSR count). The third kappa shape index (κ3) is 3.45. The fourth-order valence-corrected chi connectivity index (χ4v) is 1.83. The molecule has 0 heterocycles. The molecule has 0 saturated heterocycles. The topological polar surface area (TPSA) is 12.0 Å². The van der Waals surface area contributed by atoms with Crippen LogP contribution in [-0.4, -0.2) is 12.1 Å². The second-order valence-corrected chi connectivity index (χ2v) is 5.08. The van der Waals surface area contributed by atoms with Crippen LogP contribution in [0.1, 0.15) is 30.9 Å². The van der Waals surface area contributed by atoms with Gasteiger partial charge in [0, 0.05) is 5.54 Å². The van der Waals surface area contributed by atoms with E-state index in [2.05, 4.69) is 12.2 Å². The molecule has 1 aliphatic rings. The normalized spacial score (nSPS) is 17.8. The van der Waals surface area contributed by atoms with Crippen molar-refractivity contribution >= 4 is 0 Å². The summed E-state index contributed by atoms with van der Waals surface area (Å²) in [7, 11) is 0. The van der Waals surface area contributed by atoms with Gasteiger partial charge in [0.1, 0.15) is 5.82 Å². The van der Waals surface area contributed by atoms with E-state index in [0.717, 1.165) is 25.0 Å². The molecule has 5 heteroatoms. The van der Waals surface area contributed by atoms with Crippen molar-refractivity contribution < 1.29 is 17.6 Å². The molecule has 0 aliphatic heterocycles. The molecular formula is C13H15F4N. The zero-order valence-electron chi connectivity index (χ0n) is 10.1. The highest BCUT2D eigenvalue weighted by molar-refractivity contribution is 5.27. The van der Waals surface area contributed by atoms with Crippen LogP contribution in [0.2, 0.25) is 0 Å². The SMILES string of the molecule is CC1(NCCc2cc(F)cc(C(F)(F)F)c2)CC1. The van der Waals surface area contributed by atoms with E-state index in [4.69, 9.17) is 0 Å². The van der Waals surface area contributed by atoms with Gasteiger partial charge < -0.3 is 5.32 Å². The predicted molar refractivity (Wildman–Crippen MR) is 60.7 cm³/mol. The maximum absolute atomic E-state index is 13.1. The van der Waals surface area contributed by atoms with Gasteiger partial charge in [-0.05, 0) is 56.5 Å². The Morgan fingerprint density at radius 1 is 1.22 bits per heavy atom. The van der Waals surface area contributed by atoms with E-state index < -0.39 is 17.6 Å². The molecule has 100 valence electrons. The fourth-order valence-electron chi connectivity index (χ4n) is 1.83. The molecule has 1 aromatic carbocycles. The number of benzene rings is 1. The number of hydrogen-bond donors (Lipinski definition) is 1. The molecule has 1 nitrogen and oxygen atoms in total. The van der Waals surface area contributed by atoms with Crippen molar-refractivity contribution in [2.45, 2.75) is 37.9 Å². The lowest BCUT2D eigenvalue weighted by atomic mass is 10.1. The highest BCUT2D eigenvalue weighted by atomic mass is 19.4. The van der Waals surface area contributed by atoms with Gasteiger partial charge in [-0.2, -0.15) is 13.2 Å². The van der Waals surface area contributed by atoms with Crippen molar-refractivity contribution in [3.63, 3.8) is 0 Å². The summed E-state index contributed by atoms with van der Waals surface area (Å²) in [6.07, 6.45) is -1.92. The smallest absolute Gasteiger partial charge is 0.311 e. The standard InChI is InChI=1S/C13H15F4N/c1-12(3-4-12)18-5-2-9-6-10(13(15,16)17)8-11(14)7-9/h6-8,18H,2-5H2,1H3. The van der Waals surface area contributed by atoms with Crippen molar-refractivity contribution in [1.29, 1.82) is 0 Å². The van der Waals surface area contributed by atoms with Gasteiger partial charge in [0.05, 0.1) is 5.56 Å². The zero-order valence-corrected chi connectivity index (χ0v) is 10.1. The first-order chi connectivity index (χ1) is 8.28. The van der Waals surface area contributed by atoms with Gasteiger partial charge >= 0.3 is 6.18 Å². The number of halogens is 4. The van der Waals surface area contributed by atoms with Crippen LogP contribution in [0, 0.1) is 5.82 Å². The maximum atomic E-state index is 13.1. The van der Waals surface area contributed by atoms with Crippen LogP contribution in [0.5, 0.6) is 0 Å². The van der Waals surface area contributed by atoms with Crippen molar-refractivity contribution in [2.24, 2.45) is 0 Å². The van der Waals surface area contributed by atoms with Crippen LogP contribution in [0.3, 0.4) is 0 Å². The zero-order chi connectivity index (χ0) is 13.4. The summed E-state index contributed by atoms with van der Waals surface area (Å²) in [5, 5.41) is 3.26. The highest BCUT2D eigenvalue weighted by Crippen LogP contribution is 2.34. The van der Waals surface area contributed by atoms with Crippen molar-refractivity contribution in [1.82, 2.24) is 5.32 Å². The van der Waals surface area contributed by atoms with Crippen LogP contribution in [0.25, 0.3) is 0 Å². The highest BCUT2D eigenvalue weighted by Gasteiger charge is 2.36. The Balaban J connectivity index is 2.01. The molecule has 1 aromatic rings. The van der Waals surface area contributed by atoms with Gasteiger partial charge in [-0.25, -0.2) is 4.39 Å². The molecule has 1 aliphatic carbocycles. The molecule has 0 unspecified atom stereocenters. The summed E-state index contributed by atoms with van der Waals surface area (Å²) in [6.45, 7) is 2.64. The average Bonchev–Trinajstić information content (AvgIpc) is 2.94. The molecule has 0 amide bonds. The molecule has 1 fully saturated rings. The Bertz CT molecular complexity index is 435. The molecule has 18 heavy (non-hydrogen) atoms. The number of nitrogens with one attached hydrogen (secondary N) is 1. The largest absolute Gasteiger partial charge is 0.416 e. The Morgan fingerprint density at radius 3 is 2.44 bits per heavy atom. The summed E-state index contributed by atoms with van der Waals surface area (Å²) in [6, 6.07) is 2.70. The fraction of sp³-hybridized carbons (Fsp3) is 0.538. The van der Waals surface area contributed by atoms with Crippen molar-refractivity contribution in [2.75, 3.05) is 6.54 Å². The predicted octanol–water partition coefficient (Wildman–Crippen LogP) is 3.53. The van der Waals surface area contributed by atoms with Gasteiger partial charge in [-0.3, -0.25) is 0 Å². The summed E-state index contributed by atoms with van der Waals surface area (Å²) >= 11 is 0. The summed E-state index contributed by atoms with van der Waals surface area (Å²) in [5.74, 6) is -0.836. The molecule has 1 saturated carbocycles. The second kappa shape index (κ2) is 4.53. The van der Waals surface area contributed by atoms with Gasteiger partial charge in [-0.1, -0.05) is 0 Å². The Morgan fingerprint density at radius 2 is 1.89 bits per heavy atom. The van der Waals surface area contributed by atoms with Gasteiger partial charge in [0.25, 0.3) is 0 Å². The van der Waals surface area contributed by atoms with E-state index >= 15 is 0 Å². The van der Waals surface area contributed by atoms with E-state index in [9.17, 15) is 17.6 Å². The van der Waals surface area contributed by atoms with E-state index in [1.807, 2.05) is 0 Å². The molecule has 0 aromatic heterocycles. The molecule has 0 bridgehead atoms. The molecular weight excluding hydrogens is 246 g/mol. The number of rotatable bonds is 4. The van der Waals surface area contributed by atoms with E-state index in [1.165, 1.54) is 0 Å². The van der Waals surface area contributed by atoms with Crippen LogP contribution in [0.4, 0.5) is 17.6 Å². The first kappa shape index (κ1) is 13.3. The van der Waals surface area contributed by atoms with Crippen LogP contribution in [0.15, 0.2) is 18.2 Å². The van der Waals surface area contributed by atoms with Gasteiger partial charge in [0.15, 0.2) is 0 Å². The number of hydrogen-bond acceptors (Lipinski definition) is 1. The number of alkyl halides is 3. The van der Waals surface area contributed by atoms with Gasteiger partial charge in [-0.15, -0.1) is 0 Å². The summed E-state index contributed by atoms with van der Waals surface area (Å²) < 4.78 is 50.6. The van der Waals surface area contributed by atoms with Crippen LogP contribution < -0.4 is 5.32 Å². The van der Waals surface area contributed by atoms with E-state index in [0.29, 0.717) is 24.6 Å². The monoisotopic (exact) mass is 261 g/mol. The summed E-state index contributed by atoms with van der Waals surface area (Å²) in [4.78, 5) is 0. The molecule has 0 spiro atoms. The summed E-state index contributed by atoms with van der Waals surface area (Å²) in [5.41, 5.74) is -0.408. The molecule has 1 N–H and O–H groups in total. The van der Waals surface area contributed by atoms with Crippen LogP contribution in [-0.2, 0) is 12.6 Å². The van der Waals surface area contributed by atoms with Crippen LogP contribution >= 0.6 is 0 Å². The lowest BCUT2D eigenvalue weighted by Gasteiger charge is -2.12.